The summed E-state index contributed by atoms with van der Waals surface area (Å²) in [6, 6.07) is 9.41. The molecule has 0 radical (unpaired) electrons. The molecule has 2 aromatic carbocycles. The van der Waals surface area contributed by atoms with E-state index in [0.29, 0.717) is 14.8 Å². The molecule has 0 heterocycles. The van der Waals surface area contributed by atoms with Crippen LogP contribution in [0.3, 0.4) is 0 Å². The van der Waals surface area contributed by atoms with E-state index in [9.17, 15) is 15.2 Å². The van der Waals surface area contributed by atoms with E-state index in [0.717, 1.165) is 4.47 Å². The van der Waals surface area contributed by atoms with E-state index in [4.69, 9.17) is 0 Å². The van der Waals surface area contributed by atoms with Crippen LogP contribution in [0.5, 0.6) is 5.75 Å². The molecule has 0 atom stereocenters. The average Bonchev–Trinajstić information content (AvgIpc) is 2.44. The third-order valence-corrected chi connectivity index (χ3v) is 3.81. The zero-order valence-corrected chi connectivity index (χ0v) is 14.2. The topological polar surface area (TPSA) is 87.8 Å². The molecule has 0 amide bonds. The molecule has 0 bridgehead atoms. The smallest absolute Gasteiger partial charge is 0.269 e. The van der Waals surface area contributed by atoms with Crippen LogP contribution in [0.2, 0.25) is 0 Å². The molecule has 0 aliphatic carbocycles. The molecule has 0 unspecified atom stereocenters. The van der Waals surface area contributed by atoms with Crippen LogP contribution in [-0.4, -0.2) is 16.2 Å². The van der Waals surface area contributed by atoms with Gasteiger partial charge in [0.05, 0.1) is 20.4 Å². The first-order valence-electron chi connectivity index (χ1n) is 5.69. The Bertz CT molecular complexity index is 705. The Hall–Kier alpha value is -1.68. The molecular formula is C13H9BrIN3O3. The highest BCUT2D eigenvalue weighted by molar-refractivity contribution is 14.1. The van der Waals surface area contributed by atoms with Crippen LogP contribution in [0.4, 0.5) is 11.4 Å². The van der Waals surface area contributed by atoms with Crippen molar-refractivity contribution in [3.05, 3.63) is 60.1 Å². The summed E-state index contributed by atoms with van der Waals surface area (Å²) in [5, 5.41) is 24.4. The second-order valence-electron chi connectivity index (χ2n) is 4.00. The van der Waals surface area contributed by atoms with Crippen LogP contribution in [0.25, 0.3) is 0 Å². The number of nitrogens with one attached hydrogen (secondary N) is 1. The molecule has 0 fully saturated rings. The number of hydrazone groups is 1. The Morgan fingerprint density at radius 1 is 1.33 bits per heavy atom. The number of non-ortho nitro benzene ring substituents is 1. The zero-order valence-electron chi connectivity index (χ0n) is 10.5. The second-order valence-corrected chi connectivity index (χ2v) is 6.08. The van der Waals surface area contributed by atoms with Crippen LogP contribution in [0.1, 0.15) is 5.56 Å². The highest BCUT2D eigenvalue weighted by Crippen LogP contribution is 2.27. The lowest BCUT2D eigenvalue weighted by Crippen LogP contribution is -1.93. The molecular weight excluding hydrogens is 453 g/mol. The molecule has 0 saturated heterocycles. The van der Waals surface area contributed by atoms with E-state index in [1.165, 1.54) is 18.3 Å². The highest BCUT2D eigenvalue weighted by atomic mass is 127. The first kappa shape index (κ1) is 15.7. The van der Waals surface area contributed by atoms with E-state index < -0.39 is 4.92 Å². The summed E-state index contributed by atoms with van der Waals surface area (Å²) < 4.78 is 1.54. The lowest BCUT2D eigenvalue weighted by Gasteiger charge is -2.03. The SMILES string of the molecule is O=[N+]([O-])c1ccc(N/N=C\c2cc(Br)cc(I)c2O)cc1. The molecule has 2 N–H and O–H groups in total. The van der Waals surface area contributed by atoms with Gasteiger partial charge in [-0.3, -0.25) is 15.5 Å². The number of aromatic hydroxyl groups is 1. The van der Waals surface area contributed by atoms with Crippen molar-refractivity contribution >= 4 is 56.1 Å². The van der Waals surface area contributed by atoms with E-state index in [2.05, 4.69) is 26.5 Å². The van der Waals surface area contributed by atoms with Crippen molar-refractivity contribution in [1.82, 2.24) is 0 Å². The number of hydrogen-bond donors (Lipinski definition) is 2. The molecule has 108 valence electrons. The molecule has 6 nitrogen and oxygen atoms in total. The fraction of sp³-hybridized carbons (Fsp3) is 0. The van der Waals surface area contributed by atoms with E-state index in [1.807, 2.05) is 22.6 Å². The molecule has 0 aliphatic rings. The number of nitro groups is 1. The van der Waals surface area contributed by atoms with Gasteiger partial charge in [0.2, 0.25) is 0 Å². The van der Waals surface area contributed by atoms with Gasteiger partial charge in [-0.25, -0.2) is 0 Å². The van der Waals surface area contributed by atoms with Gasteiger partial charge in [0, 0.05) is 22.2 Å². The van der Waals surface area contributed by atoms with Gasteiger partial charge in [0.1, 0.15) is 5.75 Å². The highest BCUT2D eigenvalue weighted by Gasteiger charge is 2.05. The van der Waals surface area contributed by atoms with Crippen molar-refractivity contribution in [2.24, 2.45) is 5.10 Å². The van der Waals surface area contributed by atoms with Crippen molar-refractivity contribution in [2.45, 2.75) is 0 Å². The minimum absolute atomic E-state index is 0.0173. The van der Waals surface area contributed by atoms with E-state index in [-0.39, 0.29) is 11.4 Å². The van der Waals surface area contributed by atoms with Gasteiger partial charge in [-0.1, -0.05) is 15.9 Å². The van der Waals surface area contributed by atoms with Gasteiger partial charge in [-0.15, -0.1) is 0 Å². The summed E-state index contributed by atoms with van der Waals surface area (Å²) in [4.78, 5) is 10.1. The van der Waals surface area contributed by atoms with Crippen molar-refractivity contribution in [1.29, 1.82) is 0 Å². The van der Waals surface area contributed by atoms with E-state index in [1.54, 1.807) is 24.3 Å². The molecule has 0 aromatic heterocycles. The predicted molar refractivity (Wildman–Crippen MR) is 92.8 cm³/mol. The molecule has 8 heteroatoms. The average molecular weight is 462 g/mol. The Morgan fingerprint density at radius 2 is 2.00 bits per heavy atom. The summed E-state index contributed by atoms with van der Waals surface area (Å²) in [6.07, 6.45) is 1.48. The third-order valence-electron chi connectivity index (χ3n) is 2.53. The maximum absolute atomic E-state index is 10.5. The predicted octanol–water partition coefficient (Wildman–Crippen LogP) is 4.11. The maximum Gasteiger partial charge on any atom is 0.269 e. The fourth-order valence-corrected chi connectivity index (χ4v) is 3.07. The second kappa shape index (κ2) is 6.85. The number of anilines is 1. The minimum atomic E-state index is -0.464. The molecule has 0 saturated carbocycles. The quantitative estimate of drug-likeness (QED) is 0.310. The van der Waals surface area contributed by atoms with Gasteiger partial charge >= 0.3 is 0 Å². The zero-order chi connectivity index (χ0) is 15.4. The Kier molecular flexibility index (Phi) is 5.12. The number of hydrogen-bond acceptors (Lipinski definition) is 5. The first-order chi connectivity index (χ1) is 9.97. The standard InChI is InChI=1S/C13H9BrIN3O3/c14-9-5-8(13(19)12(15)6-9)7-16-17-10-1-3-11(4-2-10)18(20)21/h1-7,17,19H/b16-7-. The van der Waals surface area contributed by atoms with Crippen molar-refractivity contribution < 1.29 is 10.0 Å². The van der Waals surface area contributed by atoms with Gasteiger partial charge < -0.3 is 5.11 Å². The lowest BCUT2D eigenvalue weighted by molar-refractivity contribution is -0.384. The number of phenolic OH excluding ortho intramolecular Hbond substituents is 1. The summed E-state index contributed by atoms with van der Waals surface area (Å²) in [6.45, 7) is 0. The van der Waals surface area contributed by atoms with Gasteiger partial charge in [-0.05, 0) is 46.9 Å². The van der Waals surface area contributed by atoms with Crippen molar-refractivity contribution in [2.75, 3.05) is 5.43 Å². The number of halogens is 2. The largest absolute Gasteiger partial charge is 0.506 e. The van der Waals surface area contributed by atoms with Crippen LogP contribution >= 0.6 is 38.5 Å². The minimum Gasteiger partial charge on any atom is -0.506 e. The van der Waals surface area contributed by atoms with Crippen LogP contribution in [-0.2, 0) is 0 Å². The maximum atomic E-state index is 10.5. The number of benzene rings is 2. The van der Waals surface area contributed by atoms with Crippen molar-refractivity contribution in [3.63, 3.8) is 0 Å². The van der Waals surface area contributed by atoms with Gasteiger partial charge in [-0.2, -0.15) is 5.10 Å². The monoisotopic (exact) mass is 461 g/mol. The Labute approximate surface area is 142 Å². The summed E-state index contributed by atoms with van der Waals surface area (Å²) in [5.74, 6) is 0.146. The van der Waals surface area contributed by atoms with Crippen LogP contribution in [0, 0.1) is 13.7 Å². The third kappa shape index (κ3) is 4.14. The molecule has 21 heavy (non-hydrogen) atoms. The van der Waals surface area contributed by atoms with Crippen LogP contribution < -0.4 is 5.43 Å². The first-order valence-corrected chi connectivity index (χ1v) is 7.56. The summed E-state index contributed by atoms with van der Waals surface area (Å²) in [7, 11) is 0. The number of nitrogens with zero attached hydrogens (tertiary/aromatic N) is 2. The Balaban J connectivity index is 2.10. The Morgan fingerprint density at radius 3 is 2.62 bits per heavy atom. The fourth-order valence-electron chi connectivity index (χ4n) is 1.52. The molecule has 2 rings (SSSR count). The lowest BCUT2D eigenvalue weighted by atomic mass is 10.2. The number of phenols is 1. The van der Waals surface area contributed by atoms with Crippen LogP contribution in [0.15, 0.2) is 46.0 Å². The van der Waals surface area contributed by atoms with E-state index >= 15 is 0 Å². The summed E-state index contributed by atoms with van der Waals surface area (Å²) in [5.41, 5.74) is 3.93. The number of rotatable bonds is 4. The molecule has 2 aromatic rings. The van der Waals surface area contributed by atoms with Crippen molar-refractivity contribution in [3.8, 4) is 5.75 Å². The van der Waals surface area contributed by atoms with Gasteiger partial charge in [0.15, 0.2) is 0 Å². The number of nitro benzene ring substituents is 1. The summed E-state index contributed by atoms with van der Waals surface area (Å²) >= 11 is 5.37. The van der Waals surface area contributed by atoms with Gasteiger partial charge in [0.25, 0.3) is 5.69 Å². The molecule has 0 aliphatic heterocycles. The normalized spacial score (nSPS) is 10.8. The molecule has 0 spiro atoms.